The molecule has 1 aliphatic carbocycles. The Morgan fingerprint density at radius 3 is 2.10 bits per heavy atom. The molecule has 0 nitrogen and oxygen atoms in total. The van der Waals surface area contributed by atoms with E-state index in [1.54, 1.807) is 0 Å². The van der Waals surface area contributed by atoms with Crippen LogP contribution in [0.2, 0.25) is 0 Å². The molecule has 2 heteroatoms. The zero-order valence-corrected chi connectivity index (χ0v) is 19.9. The number of benzene rings is 2. The minimum atomic E-state index is 0. The van der Waals surface area contributed by atoms with Crippen LogP contribution in [0, 0.1) is 13.0 Å². The van der Waals surface area contributed by atoms with Crippen LogP contribution in [0.25, 0.3) is 11.1 Å². The van der Waals surface area contributed by atoms with Crippen molar-refractivity contribution in [2.24, 2.45) is 0 Å². The molecule has 0 heterocycles. The van der Waals surface area contributed by atoms with E-state index in [0.29, 0.717) is 5.92 Å². The van der Waals surface area contributed by atoms with Crippen LogP contribution in [-0.2, 0) is 65.4 Å². The topological polar surface area (TPSA) is 0 Å². The second-order valence-electron chi connectivity index (χ2n) is 4.33. The van der Waals surface area contributed by atoms with Crippen molar-refractivity contribution in [3.8, 4) is 11.1 Å². The first-order valence-electron chi connectivity index (χ1n) is 7.38. The molecule has 0 saturated heterocycles. The van der Waals surface area contributed by atoms with Crippen LogP contribution in [0.4, 0.5) is 0 Å². The Morgan fingerprint density at radius 2 is 1.48 bits per heavy atom. The summed E-state index contributed by atoms with van der Waals surface area (Å²) in [6, 6.07) is 16.2. The summed E-state index contributed by atoms with van der Waals surface area (Å²) in [5.41, 5.74) is 7.01. The van der Waals surface area contributed by atoms with Crippen molar-refractivity contribution >= 4 is 0 Å². The Morgan fingerprint density at radius 1 is 0.905 bits per heavy atom. The van der Waals surface area contributed by atoms with Gasteiger partial charge < -0.3 is 0 Å². The van der Waals surface area contributed by atoms with E-state index in [1.165, 1.54) is 27.8 Å². The molecule has 21 heavy (non-hydrogen) atoms. The van der Waals surface area contributed by atoms with Gasteiger partial charge in [-0.05, 0) is 24.0 Å². The maximum Gasteiger partial charge on any atom is 0 e. The summed E-state index contributed by atoms with van der Waals surface area (Å²) in [6.45, 7) is 12.4. The van der Waals surface area contributed by atoms with Gasteiger partial charge >= 0.3 is 0 Å². The van der Waals surface area contributed by atoms with Crippen LogP contribution in [0.15, 0.2) is 36.4 Å². The van der Waals surface area contributed by atoms with Crippen LogP contribution >= 0.6 is 0 Å². The first-order chi connectivity index (χ1) is 9.27. The normalized spacial score (nSPS) is 13.0. The number of hydrogen-bond donors (Lipinski definition) is 0. The Kier molecular flexibility index (Phi) is 13.8. The molecule has 2 aromatic carbocycles. The van der Waals surface area contributed by atoms with Crippen molar-refractivity contribution in [1.82, 2.24) is 0 Å². The van der Waals surface area contributed by atoms with Gasteiger partial charge in [0.05, 0.1) is 0 Å². The van der Waals surface area contributed by atoms with E-state index in [4.69, 9.17) is 0 Å². The molecule has 0 amide bonds. The molecule has 0 N–H and O–H groups in total. The largest absolute Gasteiger partial charge is 0.183 e. The summed E-state index contributed by atoms with van der Waals surface area (Å²) in [7, 11) is 0. The first-order valence-corrected chi connectivity index (χ1v) is 7.38. The zero-order valence-electron chi connectivity index (χ0n) is 14.2. The van der Waals surface area contributed by atoms with Gasteiger partial charge in [0.2, 0.25) is 0 Å². The first kappa shape index (κ1) is 23.9. The Bertz CT molecular complexity index is 539. The van der Waals surface area contributed by atoms with E-state index in [-0.39, 0.29) is 66.8 Å². The average molecular weight is 434 g/mol. The van der Waals surface area contributed by atoms with Crippen LogP contribution in [0.1, 0.15) is 58.7 Å². The smallest absolute Gasteiger partial charge is 0 e. The van der Waals surface area contributed by atoms with Gasteiger partial charge in [-0.15, -0.1) is 11.1 Å². The van der Waals surface area contributed by atoms with Gasteiger partial charge in [0, 0.05) is 66.8 Å². The van der Waals surface area contributed by atoms with Gasteiger partial charge in [-0.3, -0.25) is 0 Å². The summed E-state index contributed by atoms with van der Waals surface area (Å²) >= 11 is 0. The number of fused-ring (bicyclic) bond motifs is 3. The standard InChI is InChI=1S/C15H13.2C2H6.2Y.H2/c1-10-7-8-14-13-6-4-3-5-12(13)11(2)15(14)9-10;2*1-2;;;/h4-9,11H,1-2H3;2*1-2H3;;;1H/q-1;;;;;/i;;;;;1+1. The molecule has 3 rings (SSSR count). The fraction of sp³-hybridized carbons (Fsp3) is 0.368. The molecule has 1 unspecified atom stereocenters. The van der Waals surface area contributed by atoms with Crippen LogP contribution < -0.4 is 0 Å². The van der Waals surface area contributed by atoms with E-state index in [2.05, 4.69) is 50.2 Å². The summed E-state index contributed by atoms with van der Waals surface area (Å²) in [5.74, 6) is 0.521. The van der Waals surface area contributed by atoms with Crippen molar-refractivity contribution < 1.29 is 66.8 Å². The third-order valence-corrected chi connectivity index (χ3v) is 3.33. The third-order valence-electron chi connectivity index (χ3n) is 3.33. The van der Waals surface area contributed by atoms with E-state index in [9.17, 15) is 0 Å². The van der Waals surface area contributed by atoms with Crippen molar-refractivity contribution in [1.29, 1.82) is 0 Å². The molecule has 2 aromatic rings. The molecule has 0 saturated carbocycles. The minimum absolute atomic E-state index is 0. The summed E-state index contributed by atoms with van der Waals surface area (Å²) in [6.07, 6.45) is 0. The van der Waals surface area contributed by atoms with Crippen molar-refractivity contribution in [2.45, 2.75) is 47.5 Å². The Labute approximate surface area is 182 Å². The summed E-state index contributed by atoms with van der Waals surface area (Å²) in [4.78, 5) is 0. The molecule has 0 bridgehead atoms. The van der Waals surface area contributed by atoms with Gasteiger partial charge in [0.15, 0.2) is 0 Å². The summed E-state index contributed by atoms with van der Waals surface area (Å²) < 4.78 is 0. The number of hydrogen-bond acceptors (Lipinski definition) is 0. The fourth-order valence-electron chi connectivity index (χ4n) is 2.50. The van der Waals surface area contributed by atoms with E-state index < -0.39 is 0 Å². The maximum absolute atomic E-state index is 3.17. The van der Waals surface area contributed by atoms with E-state index >= 15 is 0 Å². The zero-order chi connectivity index (χ0) is 14.4. The molecular formula is C19H27Y2-. The SMILES string of the molecule is CC.CC.Cc1ccc2c(c1)C(C)c1c[c-]ccc1-2.[2HH].[Y].[Y]. The van der Waals surface area contributed by atoms with Gasteiger partial charge in [-0.25, -0.2) is 0 Å². The molecule has 1 aliphatic rings. The second-order valence-corrected chi connectivity index (χ2v) is 4.33. The van der Waals surface area contributed by atoms with Gasteiger partial charge in [-0.1, -0.05) is 58.4 Å². The molecule has 0 aromatic heterocycles. The Hall–Kier alpha value is 0.648. The predicted octanol–water partition coefficient (Wildman–Crippen LogP) is 6.22. The molecule has 1 atom stereocenters. The van der Waals surface area contributed by atoms with E-state index in [0.717, 1.165) is 0 Å². The minimum Gasteiger partial charge on any atom is -0.183 e. The molecular weight excluding hydrogens is 406 g/mol. The quantitative estimate of drug-likeness (QED) is 0.432. The number of aryl methyl sites for hydroxylation is 1. The third kappa shape index (κ3) is 5.35. The molecule has 0 spiro atoms. The fourth-order valence-corrected chi connectivity index (χ4v) is 2.50. The molecule has 2 radical (unpaired) electrons. The van der Waals surface area contributed by atoms with Crippen LogP contribution in [0.3, 0.4) is 0 Å². The molecule has 0 fully saturated rings. The Balaban J connectivity index is -0.000000480. The van der Waals surface area contributed by atoms with Crippen LogP contribution in [0.5, 0.6) is 0 Å². The average Bonchev–Trinajstić information content (AvgIpc) is 2.77. The maximum atomic E-state index is 3.17. The number of rotatable bonds is 0. The van der Waals surface area contributed by atoms with Crippen LogP contribution in [-0.4, -0.2) is 0 Å². The molecule has 110 valence electrons. The van der Waals surface area contributed by atoms with Crippen molar-refractivity contribution in [3.63, 3.8) is 0 Å². The van der Waals surface area contributed by atoms with E-state index in [1.807, 2.05) is 33.8 Å². The molecule has 0 aliphatic heterocycles. The van der Waals surface area contributed by atoms with Gasteiger partial charge in [-0.2, -0.15) is 24.3 Å². The monoisotopic (exact) mass is 434 g/mol. The van der Waals surface area contributed by atoms with Crippen molar-refractivity contribution in [3.05, 3.63) is 59.2 Å². The second kappa shape index (κ2) is 12.1. The summed E-state index contributed by atoms with van der Waals surface area (Å²) in [5, 5.41) is 0. The van der Waals surface area contributed by atoms with Gasteiger partial charge in [0.1, 0.15) is 0 Å². The van der Waals surface area contributed by atoms with Crippen molar-refractivity contribution in [2.75, 3.05) is 0 Å². The van der Waals surface area contributed by atoms with Gasteiger partial charge in [0.25, 0.3) is 0 Å². The predicted molar refractivity (Wildman–Crippen MR) is 87.8 cm³/mol.